The number of nitro benzene ring substituents is 1. The molecular formula is C23H17NO3. The first kappa shape index (κ1) is 15.8. The fourth-order valence-corrected chi connectivity index (χ4v) is 3.96. The Kier molecular flexibility index (Phi) is 3.57. The van der Waals surface area contributed by atoms with E-state index in [0.717, 1.165) is 36.1 Å². The molecule has 4 aromatic rings. The second-order valence-electron chi connectivity index (χ2n) is 7.08. The van der Waals surface area contributed by atoms with E-state index in [4.69, 9.17) is 4.42 Å². The Balaban J connectivity index is 1.46. The number of nitro groups is 1. The van der Waals surface area contributed by atoms with Crippen LogP contribution < -0.4 is 0 Å². The van der Waals surface area contributed by atoms with Crippen LogP contribution in [-0.4, -0.2) is 4.92 Å². The smallest absolute Gasteiger partial charge is 0.269 e. The van der Waals surface area contributed by atoms with Crippen LogP contribution in [0.4, 0.5) is 5.69 Å². The van der Waals surface area contributed by atoms with Crippen molar-refractivity contribution in [2.24, 2.45) is 0 Å². The molecule has 0 spiro atoms. The molecule has 0 unspecified atom stereocenters. The minimum atomic E-state index is -0.370. The molecule has 0 N–H and O–H groups in total. The van der Waals surface area contributed by atoms with Crippen molar-refractivity contribution in [3.8, 4) is 0 Å². The van der Waals surface area contributed by atoms with Crippen molar-refractivity contribution in [1.29, 1.82) is 0 Å². The van der Waals surface area contributed by atoms with Gasteiger partial charge >= 0.3 is 0 Å². The summed E-state index contributed by atoms with van der Waals surface area (Å²) in [6.45, 7) is 0. The summed E-state index contributed by atoms with van der Waals surface area (Å²) in [5.41, 5.74) is 6.28. The van der Waals surface area contributed by atoms with Crippen molar-refractivity contribution < 1.29 is 9.34 Å². The number of benzene rings is 3. The van der Waals surface area contributed by atoms with Gasteiger partial charge < -0.3 is 4.42 Å². The van der Waals surface area contributed by atoms with Crippen molar-refractivity contribution in [3.63, 3.8) is 0 Å². The molecule has 0 bridgehead atoms. The molecule has 0 aliphatic heterocycles. The average Bonchev–Trinajstić information content (AvgIpc) is 3.06. The maximum atomic E-state index is 10.8. The number of fused-ring (bicyclic) bond motifs is 3. The van der Waals surface area contributed by atoms with Crippen LogP contribution in [0.25, 0.3) is 10.8 Å². The Bertz CT molecular complexity index is 1170. The van der Waals surface area contributed by atoms with Crippen LogP contribution in [0.3, 0.4) is 0 Å². The van der Waals surface area contributed by atoms with Gasteiger partial charge in [-0.25, -0.2) is 0 Å². The van der Waals surface area contributed by atoms with E-state index < -0.39 is 0 Å². The minimum Gasteiger partial charge on any atom is -0.468 e. The highest BCUT2D eigenvalue weighted by atomic mass is 16.6. The maximum Gasteiger partial charge on any atom is 0.269 e. The molecule has 5 rings (SSSR count). The van der Waals surface area contributed by atoms with Crippen molar-refractivity contribution in [2.75, 3.05) is 0 Å². The lowest BCUT2D eigenvalue weighted by Crippen LogP contribution is -2.07. The summed E-state index contributed by atoms with van der Waals surface area (Å²) in [5, 5.41) is 13.3. The third-order valence-corrected chi connectivity index (χ3v) is 5.40. The molecule has 3 aromatic carbocycles. The van der Waals surface area contributed by atoms with E-state index in [-0.39, 0.29) is 10.6 Å². The lowest BCUT2D eigenvalue weighted by atomic mass is 9.86. The Morgan fingerprint density at radius 3 is 2.26 bits per heavy atom. The predicted octanol–water partition coefficient (Wildman–Crippen LogP) is 5.43. The number of nitrogens with zero attached hydrogens (tertiary/aromatic N) is 1. The fourth-order valence-electron chi connectivity index (χ4n) is 3.96. The third-order valence-electron chi connectivity index (χ3n) is 5.40. The second-order valence-corrected chi connectivity index (χ2v) is 7.08. The van der Waals surface area contributed by atoms with Crippen molar-refractivity contribution in [1.82, 2.24) is 0 Å². The first-order valence-corrected chi connectivity index (χ1v) is 8.99. The predicted molar refractivity (Wildman–Crippen MR) is 104 cm³/mol. The second kappa shape index (κ2) is 6.09. The molecule has 4 nitrogen and oxygen atoms in total. The number of hydrogen-bond donors (Lipinski definition) is 0. The van der Waals surface area contributed by atoms with Gasteiger partial charge in [-0.15, -0.1) is 0 Å². The highest BCUT2D eigenvalue weighted by molar-refractivity contribution is 5.84. The van der Waals surface area contributed by atoms with E-state index in [1.54, 1.807) is 12.1 Å². The normalized spacial score (nSPS) is 12.6. The SMILES string of the molecule is O=[N+]([O-])c1ccc(Cc2coc3c2Cc2cc4ccccc4cc2C3)cc1. The standard InChI is InChI=1S/C23H17NO3/c25-24(26)21-7-5-15(6-8-21)9-20-14-27-23-13-19-11-17-4-2-1-3-16(17)10-18(19)12-22(20)23/h1-8,10-11,14H,9,12-13H2. The monoisotopic (exact) mass is 355 g/mol. The zero-order chi connectivity index (χ0) is 18.4. The lowest BCUT2D eigenvalue weighted by Gasteiger charge is -2.17. The van der Waals surface area contributed by atoms with Crippen molar-refractivity contribution in [2.45, 2.75) is 19.3 Å². The van der Waals surface area contributed by atoms with Gasteiger partial charge in [0.1, 0.15) is 5.76 Å². The minimum absolute atomic E-state index is 0.119. The molecule has 1 aliphatic carbocycles. The Hall–Kier alpha value is -3.40. The topological polar surface area (TPSA) is 56.3 Å². The van der Waals surface area contributed by atoms with Gasteiger partial charge in [0, 0.05) is 37.0 Å². The van der Waals surface area contributed by atoms with E-state index in [2.05, 4.69) is 36.4 Å². The van der Waals surface area contributed by atoms with Crippen LogP contribution in [0, 0.1) is 10.1 Å². The zero-order valence-electron chi connectivity index (χ0n) is 14.6. The fraction of sp³-hybridized carbons (Fsp3) is 0.130. The number of furan rings is 1. The van der Waals surface area contributed by atoms with Crippen molar-refractivity contribution in [3.05, 3.63) is 111 Å². The molecule has 1 aromatic heterocycles. The van der Waals surface area contributed by atoms with Crippen LogP contribution in [0.5, 0.6) is 0 Å². The maximum absolute atomic E-state index is 10.8. The molecule has 0 amide bonds. The molecular weight excluding hydrogens is 338 g/mol. The van der Waals surface area contributed by atoms with Crippen LogP contribution >= 0.6 is 0 Å². The van der Waals surface area contributed by atoms with Gasteiger partial charge in [0.2, 0.25) is 0 Å². The molecule has 0 atom stereocenters. The van der Waals surface area contributed by atoms with E-state index in [9.17, 15) is 10.1 Å². The molecule has 0 radical (unpaired) electrons. The molecule has 0 saturated carbocycles. The molecule has 0 fully saturated rings. The quantitative estimate of drug-likeness (QED) is 0.320. The van der Waals surface area contributed by atoms with Gasteiger partial charge in [-0.2, -0.15) is 0 Å². The molecule has 1 heterocycles. The van der Waals surface area contributed by atoms with E-state index in [1.807, 2.05) is 18.4 Å². The van der Waals surface area contributed by atoms with Gasteiger partial charge in [0.15, 0.2) is 0 Å². The van der Waals surface area contributed by atoms with Gasteiger partial charge in [0.25, 0.3) is 5.69 Å². The first-order valence-electron chi connectivity index (χ1n) is 8.99. The van der Waals surface area contributed by atoms with Gasteiger partial charge in [-0.05, 0) is 33.0 Å². The third kappa shape index (κ3) is 2.79. The summed E-state index contributed by atoms with van der Waals surface area (Å²) in [7, 11) is 0. The summed E-state index contributed by atoms with van der Waals surface area (Å²) < 4.78 is 5.88. The van der Waals surface area contributed by atoms with E-state index >= 15 is 0 Å². The largest absolute Gasteiger partial charge is 0.468 e. The highest BCUT2D eigenvalue weighted by Gasteiger charge is 2.22. The van der Waals surface area contributed by atoms with E-state index in [0.29, 0.717) is 0 Å². The summed E-state index contributed by atoms with van der Waals surface area (Å²) >= 11 is 0. The van der Waals surface area contributed by atoms with Crippen LogP contribution in [-0.2, 0) is 19.3 Å². The average molecular weight is 355 g/mol. The van der Waals surface area contributed by atoms with Crippen LogP contribution in [0.1, 0.15) is 33.6 Å². The molecule has 4 heteroatoms. The summed E-state index contributed by atoms with van der Waals surface area (Å²) in [6, 6.07) is 19.8. The Morgan fingerprint density at radius 2 is 1.59 bits per heavy atom. The van der Waals surface area contributed by atoms with Gasteiger partial charge in [-0.1, -0.05) is 48.5 Å². The Morgan fingerprint density at radius 1 is 0.926 bits per heavy atom. The summed E-state index contributed by atoms with van der Waals surface area (Å²) in [4.78, 5) is 10.5. The zero-order valence-corrected chi connectivity index (χ0v) is 14.6. The first-order chi connectivity index (χ1) is 13.2. The number of rotatable bonds is 3. The van der Waals surface area contributed by atoms with Gasteiger partial charge in [-0.3, -0.25) is 10.1 Å². The summed E-state index contributed by atoms with van der Waals surface area (Å²) in [5.74, 6) is 1.04. The highest BCUT2D eigenvalue weighted by Crippen LogP contribution is 2.34. The number of hydrogen-bond acceptors (Lipinski definition) is 3. The summed E-state index contributed by atoms with van der Waals surface area (Å²) in [6.07, 6.45) is 4.25. The molecule has 0 saturated heterocycles. The molecule has 132 valence electrons. The molecule has 1 aliphatic rings. The van der Waals surface area contributed by atoms with Gasteiger partial charge in [0.05, 0.1) is 11.2 Å². The Labute approximate surface area is 156 Å². The van der Waals surface area contributed by atoms with E-state index in [1.165, 1.54) is 27.5 Å². The number of non-ortho nitro benzene ring substituents is 1. The molecule has 27 heavy (non-hydrogen) atoms. The van der Waals surface area contributed by atoms with Crippen molar-refractivity contribution >= 4 is 16.5 Å². The van der Waals surface area contributed by atoms with Crippen LogP contribution in [0.15, 0.2) is 71.3 Å². The lowest BCUT2D eigenvalue weighted by molar-refractivity contribution is -0.384. The van der Waals surface area contributed by atoms with Crippen LogP contribution in [0.2, 0.25) is 0 Å².